The summed E-state index contributed by atoms with van der Waals surface area (Å²) in [6.45, 7) is 0.171. The van der Waals surface area contributed by atoms with Gasteiger partial charge in [0.2, 0.25) is 10.0 Å². The van der Waals surface area contributed by atoms with Crippen molar-refractivity contribution in [2.24, 2.45) is 0 Å². The molecule has 5 nitrogen and oxygen atoms in total. The maximum Gasteiger partial charge on any atom is 0.241 e. The molecule has 0 bridgehead atoms. The van der Waals surface area contributed by atoms with Crippen LogP contribution < -0.4 is 9.46 Å². The van der Waals surface area contributed by atoms with Gasteiger partial charge in [-0.3, -0.25) is 4.98 Å². The van der Waals surface area contributed by atoms with E-state index in [0.717, 1.165) is 16.7 Å². The summed E-state index contributed by atoms with van der Waals surface area (Å²) in [7, 11) is -2.11. The van der Waals surface area contributed by atoms with Crippen molar-refractivity contribution in [1.82, 2.24) is 9.71 Å². The van der Waals surface area contributed by atoms with Crippen LogP contribution in [0.2, 0.25) is 0 Å². The molecule has 0 unspecified atom stereocenters. The summed E-state index contributed by atoms with van der Waals surface area (Å²) in [6.07, 6.45) is 3.42. The summed E-state index contributed by atoms with van der Waals surface area (Å²) in [5.74, 6) is 0.499. The first-order valence-electron chi connectivity index (χ1n) is 7.19. The largest absolute Gasteiger partial charge is 0.497 e. The first kappa shape index (κ1) is 16.6. The Bertz CT molecular complexity index is 923. The number of benzene rings is 1. The molecule has 24 heavy (non-hydrogen) atoms. The van der Waals surface area contributed by atoms with E-state index in [1.54, 1.807) is 35.9 Å². The molecular formula is C17H16N2O3S2. The van der Waals surface area contributed by atoms with E-state index in [4.69, 9.17) is 4.74 Å². The average Bonchev–Trinajstić information content (AvgIpc) is 3.15. The Labute approximate surface area is 145 Å². The van der Waals surface area contributed by atoms with Crippen LogP contribution >= 0.6 is 11.3 Å². The Kier molecular flexibility index (Phi) is 4.94. The number of sulfonamides is 1. The Hall–Kier alpha value is -2.22. The summed E-state index contributed by atoms with van der Waals surface area (Å²) in [5.41, 5.74) is 2.84. The highest BCUT2D eigenvalue weighted by atomic mass is 32.2. The minimum Gasteiger partial charge on any atom is -0.497 e. The fourth-order valence-corrected chi connectivity index (χ4v) is 3.92. The molecule has 7 heteroatoms. The van der Waals surface area contributed by atoms with Crippen LogP contribution in [0.15, 0.2) is 64.4 Å². The smallest absolute Gasteiger partial charge is 0.241 e. The predicted molar refractivity (Wildman–Crippen MR) is 94.6 cm³/mol. The van der Waals surface area contributed by atoms with Crippen molar-refractivity contribution in [2.45, 2.75) is 11.4 Å². The van der Waals surface area contributed by atoms with Gasteiger partial charge in [0.05, 0.1) is 12.0 Å². The number of pyridine rings is 1. The molecule has 0 saturated heterocycles. The molecule has 2 heterocycles. The van der Waals surface area contributed by atoms with Gasteiger partial charge in [-0.25, -0.2) is 13.1 Å². The van der Waals surface area contributed by atoms with E-state index >= 15 is 0 Å². The van der Waals surface area contributed by atoms with E-state index in [0.29, 0.717) is 5.75 Å². The molecule has 0 aliphatic carbocycles. The van der Waals surface area contributed by atoms with Gasteiger partial charge in [-0.15, -0.1) is 0 Å². The first-order chi connectivity index (χ1) is 11.6. The number of aromatic nitrogens is 1. The molecular weight excluding hydrogens is 344 g/mol. The van der Waals surface area contributed by atoms with Crippen LogP contribution in [-0.2, 0) is 16.6 Å². The third-order valence-electron chi connectivity index (χ3n) is 3.47. The van der Waals surface area contributed by atoms with E-state index < -0.39 is 10.0 Å². The van der Waals surface area contributed by atoms with Crippen molar-refractivity contribution in [1.29, 1.82) is 0 Å². The lowest BCUT2D eigenvalue weighted by atomic mass is 10.1. The number of rotatable bonds is 6. The maximum absolute atomic E-state index is 12.4. The predicted octanol–water partition coefficient (Wildman–Crippen LogP) is 3.30. The van der Waals surface area contributed by atoms with Crippen LogP contribution in [0.25, 0.3) is 11.1 Å². The number of ether oxygens (including phenoxy) is 1. The Morgan fingerprint density at radius 2 is 2.04 bits per heavy atom. The highest BCUT2D eigenvalue weighted by Crippen LogP contribution is 2.22. The van der Waals surface area contributed by atoms with Crippen molar-refractivity contribution in [3.63, 3.8) is 0 Å². The summed E-state index contributed by atoms with van der Waals surface area (Å²) in [6, 6.07) is 10.3. The molecule has 0 spiro atoms. The number of nitrogens with zero attached hydrogens (tertiary/aromatic N) is 1. The second kappa shape index (κ2) is 7.12. The molecule has 1 aromatic carbocycles. The molecule has 1 N–H and O–H groups in total. The van der Waals surface area contributed by atoms with Gasteiger partial charge < -0.3 is 4.74 Å². The van der Waals surface area contributed by atoms with Crippen molar-refractivity contribution < 1.29 is 13.2 Å². The van der Waals surface area contributed by atoms with Crippen LogP contribution in [0.3, 0.4) is 0 Å². The molecule has 0 atom stereocenters. The lowest BCUT2D eigenvalue weighted by Gasteiger charge is -2.09. The minimum absolute atomic E-state index is 0.170. The molecule has 0 amide bonds. The zero-order chi connectivity index (χ0) is 17.0. The van der Waals surface area contributed by atoms with Gasteiger partial charge in [0, 0.05) is 30.6 Å². The SMILES string of the molecule is COc1cccc(S(=O)(=O)NCc2cncc(-c3ccsc3)c2)c1. The fraction of sp³-hybridized carbons (Fsp3) is 0.118. The van der Waals surface area contributed by atoms with Gasteiger partial charge in [0.25, 0.3) is 0 Å². The van der Waals surface area contributed by atoms with Gasteiger partial charge in [-0.1, -0.05) is 6.07 Å². The Morgan fingerprint density at radius 1 is 1.17 bits per heavy atom. The Morgan fingerprint density at radius 3 is 2.79 bits per heavy atom. The maximum atomic E-state index is 12.4. The monoisotopic (exact) mass is 360 g/mol. The molecule has 3 aromatic rings. The third kappa shape index (κ3) is 3.81. The number of methoxy groups -OCH3 is 1. The highest BCUT2D eigenvalue weighted by molar-refractivity contribution is 7.89. The zero-order valence-corrected chi connectivity index (χ0v) is 14.6. The third-order valence-corrected chi connectivity index (χ3v) is 5.55. The molecule has 0 radical (unpaired) electrons. The van der Waals surface area contributed by atoms with Crippen LogP contribution in [0.5, 0.6) is 5.75 Å². The first-order valence-corrected chi connectivity index (χ1v) is 9.61. The Balaban J connectivity index is 1.76. The standard InChI is InChI=1S/C17H16N2O3S2/c1-22-16-3-2-4-17(8-16)24(20,21)19-10-13-7-15(11-18-9-13)14-5-6-23-12-14/h2-9,11-12,19H,10H2,1H3. The molecule has 2 aromatic heterocycles. The quantitative estimate of drug-likeness (QED) is 0.732. The molecule has 124 valence electrons. The topological polar surface area (TPSA) is 68.3 Å². The average molecular weight is 360 g/mol. The van der Waals surface area contributed by atoms with Gasteiger partial charge in [-0.05, 0) is 46.2 Å². The van der Waals surface area contributed by atoms with Gasteiger partial charge in [-0.2, -0.15) is 11.3 Å². The number of hydrogen-bond acceptors (Lipinski definition) is 5. The van der Waals surface area contributed by atoms with Crippen molar-refractivity contribution in [3.8, 4) is 16.9 Å². The van der Waals surface area contributed by atoms with E-state index in [1.165, 1.54) is 19.2 Å². The second-order valence-corrected chi connectivity index (χ2v) is 7.64. The summed E-state index contributed by atoms with van der Waals surface area (Å²) < 4.78 is 32.5. The summed E-state index contributed by atoms with van der Waals surface area (Å²) >= 11 is 1.61. The highest BCUT2D eigenvalue weighted by Gasteiger charge is 2.14. The van der Waals surface area contributed by atoms with Gasteiger partial charge in [0.1, 0.15) is 5.75 Å². The zero-order valence-electron chi connectivity index (χ0n) is 13.0. The second-order valence-electron chi connectivity index (χ2n) is 5.10. The number of hydrogen-bond donors (Lipinski definition) is 1. The number of thiophene rings is 1. The molecule has 0 aliphatic rings. The van der Waals surface area contributed by atoms with Crippen LogP contribution in [0.1, 0.15) is 5.56 Å². The molecule has 0 fully saturated rings. The van der Waals surface area contributed by atoms with Crippen molar-refractivity contribution in [2.75, 3.05) is 7.11 Å². The normalized spacial score (nSPS) is 11.4. The minimum atomic E-state index is -3.61. The summed E-state index contributed by atoms with van der Waals surface area (Å²) in [4.78, 5) is 4.36. The lowest BCUT2D eigenvalue weighted by molar-refractivity contribution is 0.413. The van der Waals surface area contributed by atoms with Gasteiger partial charge >= 0.3 is 0 Å². The van der Waals surface area contributed by atoms with E-state index in [1.807, 2.05) is 22.9 Å². The van der Waals surface area contributed by atoms with Gasteiger partial charge in [0.15, 0.2) is 0 Å². The summed E-state index contributed by atoms with van der Waals surface area (Å²) in [5, 5.41) is 4.02. The van der Waals surface area contributed by atoms with Crippen LogP contribution in [0.4, 0.5) is 0 Å². The van der Waals surface area contributed by atoms with E-state index in [-0.39, 0.29) is 11.4 Å². The van der Waals surface area contributed by atoms with Crippen molar-refractivity contribution in [3.05, 3.63) is 65.1 Å². The van der Waals surface area contributed by atoms with Crippen molar-refractivity contribution >= 4 is 21.4 Å². The van der Waals surface area contributed by atoms with E-state index in [9.17, 15) is 8.42 Å². The fourth-order valence-electron chi connectivity index (χ4n) is 2.20. The van der Waals surface area contributed by atoms with E-state index in [2.05, 4.69) is 9.71 Å². The molecule has 0 aliphatic heterocycles. The lowest BCUT2D eigenvalue weighted by Crippen LogP contribution is -2.23. The van der Waals surface area contributed by atoms with Crippen LogP contribution in [-0.4, -0.2) is 20.5 Å². The molecule has 0 saturated carbocycles. The van der Waals surface area contributed by atoms with Crippen LogP contribution in [0, 0.1) is 0 Å². The molecule has 3 rings (SSSR count). The number of nitrogens with one attached hydrogen (secondary N) is 1.